The van der Waals surface area contributed by atoms with E-state index in [1.165, 1.54) is 14.1 Å². The smallest absolute Gasteiger partial charge is 0.324 e. The van der Waals surface area contributed by atoms with E-state index in [0.717, 1.165) is 14.0 Å². The van der Waals surface area contributed by atoms with E-state index in [9.17, 15) is 8.42 Å². The highest BCUT2D eigenvalue weighted by molar-refractivity contribution is 7.87. The van der Waals surface area contributed by atoms with E-state index in [-0.39, 0.29) is 11.8 Å². The Morgan fingerprint density at radius 3 is 2.58 bits per heavy atom. The summed E-state index contributed by atoms with van der Waals surface area (Å²) in [5.41, 5.74) is 2.35. The number of anilines is 3. The molecule has 1 aliphatic rings. The number of hydrogen-bond donors (Lipinski definition) is 1. The first-order chi connectivity index (χ1) is 15.9. The SMILES string of the molecule is CN(C)S(=O)(=O)n1nc(-c2ccncc2)cc1Nc1nc(N2CCOCC2)c2occc2n1. The molecule has 1 N–H and O–H groups in total. The molecule has 0 aliphatic carbocycles. The fourth-order valence-corrected chi connectivity index (χ4v) is 4.30. The van der Waals surface area contributed by atoms with Gasteiger partial charge in [0.05, 0.1) is 25.2 Å². The summed E-state index contributed by atoms with van der Waals surface area (Å²) in [5, 5.41) is 7.37. The molecular formula is C20H22N8O4S. The van der Waals surface area contributed by atoms with Gasteiger partial charge in [-0.05, 0) is 12.1 Å². The number of morpholine rings is 1. The van der Waals surface area contributed by atoms with E-state index in [1.807, 2.05) is 0 Å². The molecule has 4 aromatic heterocycles. The van der Waals surface area contributed by atoms with Gasteiger partial charge in [0.15, 0.2) is 11.4 Å². The molecule has 0 spiro atoms. The number of ether oxygens (including phenoxy) is 1. The van der Waals surface area contributed by atoms with Gasteiger partial charge in [-0.2, -0.15) is 22.8 Å². The van der Waals surface area contributed by atoms with Crippen LogP contribution in [0.3, 0.4) is 0 Å². The molecule has 4 aromatic rings. The third-order valence-corrected chi connectivity index (χ3v) is 6.81. The van der Waals surface area contributed by atoms with Gasteiger partial charge >= 0.3 is 10.2 Å². The molecule has 172 valence electrons. The zero-order valence-electron chi connectivity index (χ0n) is 18.0. The van der Waals surface area contributed by atoms with E-state index >= 15 is 0 Å². The van der Waals surface area contributed by atoms with Crippen molar-refractivity contribution in [2.24, 2.45) is 0 Å². The number of fused-ring (bicyclic) bond motifs is 1. The summed E-state index contributed by atoms with van der Waals surface area (Å²) in [6.45, 7) is 2.48. The van der Waals surface area contributed by atoms with Crippen LogP contribution >= 0.6 is 0 Å². The van der Waals surface area contributed by atoms with Crippen molar-refractivity contribution in [3.63, 3.8) is 0 Å². The lowest BCUT2D eigenvalue weighted by Crippen LogP contribution is -2.37. The second-order valence-corrected chi connectivity index (χ2v) is 9.49. The summed E-state index contributed by atoms with van der Waals surface area (Å²) in [6.07, 6.45) is 4.79. The van der Waals surface area contributed by atoms with Crippen LogP contribution in [0.15, 0.2) is 47.3 Å². The Hall–Kier alpha value is -3.55. The maximum absolute atomic E-state index is 13.0. The van der Waals surface area contributed by atoms with Crippen LogP contribution in [0.5, 0.6) is 0 Å². The van der Waals surface area contributed by atoms with Crippen molar-refractivity contribution in [3.8, 4) is 11.3 Å². The number of hydrogen-bond acceptors (Lipinski definition) is 10. The lowest BCUT2D eigenvalue weighted by atomic mass is 10.2. The van der Waals surface area contributed by atoms with Crippen molar-refractivity contribution in [1.29, 1.82) is 0 Å². The zero-order chi connectivity index (χ0) is 23.0. The maximum Gasteiger partial charge on any atom is 0.324 e. The van der Waals surface area contributed by atoms with Crippen LogP contribution < -0.4 is 10.2 Å². The van der Waals surface area contributed by atoms with E-state index in [2.05, 4.69) is 30.3 Å². The number of pyridine rings is 1. The first-order valence-electron chi connectivity index (χ1n) is 10.2. The minimum absolute atomic E-state index is 0.200. The molecule has 0 atom stereocenters. The molecule has 1 aliphatic heterocycles. The Bertz CT molecular complexity index is 1380. The third-order valence-electron chi connectivity index (χ3n) is 5.17. The van der Waals surface area contributed by atoms with Crippen LogP contribution in [0.4, 0.5) is 17.6 Å². The second-order valence-electron chi connectivity index (χ2n) is 7.51. The quantitative estimate of drug-likeness (QED) is 0.444. The van der Waals surface area contributed by atoms with E-state index in [0.29, 0.717) is 48.9 Å². The predicted octanol–water partition coefficient (Wildman–Crippen LogP) is 1.72. The topological polar surface area (TPSA) is 132 Å². The van der Waals surface area contributed by atoms with E-state index in [4.69, 9.17) is 9.15 Å². The summed E-state index contributed by atoms with van der Waals surface area (Å²) in [4.78, 5) is 15.2. The molecule has 12 nitrogen and oxygen atoms in total. The van der Waals surface area contributed by atoms with Gasteiger partial charge in [-0.25, -0.2) is 4.98 Å². The van der Waals surface area contributed by atoms with Gasteiger partial charge in [-0.1, -0.05) is 0 Å². The van der Waals surface area contributed by atoms with Crippen LogP contribution in [0.2, 0.25) is 0 Å². The Morgan fingerprint density at radius 2 is 1.85 bits per heavy atom. The highest BCUT2D eigenvalue weighted by Gasteiger charge is 2.25. The van der Waals surface area contributed by atoms with Crippen molar-refractivity contribution in [3.05, 3.63) is 42.9 Å². The highest BCUT2D eigenvalue weighted by Crippen LogP contribution is 2.30. The second kappa shape index (κ2) is 8.42. The van der Waals surface area contributed by atoms with Gasteiger partial charge in [-0.3, -0.25) is 4.98 Å². The van der Waals surface area contributed by atoms with Gasteiger partial charge in [0.1, 0.15) is 11.3 Å². The van der Waals surface area contributed by atoms with Gasteiger partial charge in [-0.15, -0.1) is 4.09 Å². The van der Waals surface area contributed by atoms with Gasteiger partial charge < -0.3 is 19.4 Å². The fourth-order valence-electron chi connectivity index (χ4n) is 3.45. The van der Waals surface area contributed by atoms with E-state index < -0.39 is 10.2 Å². The van der Waals surface area contributed by atoms with Crippen molar-refractivity contribution in [2.45, 2.75) is 0 Å². The number of furan rings is 1. The summed E-state index contributed by atoms with van der Waals surface area (Å²) >= 11 is 0. The fraction of sp³-hybridized carbons (Fsp3) is 0.300. The van der Waals surface area contributed by atoms with Crippen LogP contribution in [0, 0.1) is 0 Å². The third kappa shape index (κ3) is 4.01. The van der Waals surface area contributed by atoms with Gasteiger partial charge in [0, 0.05) is 57.3 Å². The molecule has 0 aromatic carbocycles. The number of rotatable bonds is 6. The average Bonchev–Trinajstić information content (AvgIpc) is 3.47. The molecule has 0 amide bonds. The van der Waals surface area contributed by atoms with Crippen molar-refractivity contribution in [1.82, 2.24) is 28.4 Å². The summed E-state index contributed by atoms with van der Waals surface area (Å²) in [5.74, 6) is 1.04. The summed E-state index contributed by atoms with van der Waals surface area (Å²) in [6, 6.07) is 6.88. The Labute approximate surface area is 190 Å². The first-order valence-corrected chi connectivity index (χ1v) is 11.6. The van der Waals surface area contributed by atoms with Crippen LogP contribution in [0.1, 0.15) is 0 Å². The standard InChI is InChI=1S/C20H22N8O4S/c1-26(2)33(29,30)28-17(13-16(25-28)14-3-6-21-7-4-14)23-20-22-15-5-10-32-18(15)19(24-20)27-8-11-31-12-9-27/h3-7,10,13H,8-9,11-12H2,1-2H3,(H,22,23,24). The molecule has 33 heavy (non-hydrogen) atoms. The number of nitrogens with zero attached hydrogens (tertiary/aromatic N) is 7. The van der Waals surface area contributed by atoms with E-state index in [1.54, 1.807) is 42.9 Å². The van der Waals surface area contributed by atoms with Crippen molar-refractivity contribution < 1.29 is 17.6 Å². The molecule has 0 bridgehead atoms. The normalized spacial score (nSPS) is 14.8. The van der Waals surface area contributed by atoms with Crippen LogP contribution in [0.25, 0.3) is 22.4 Å². The molecule has 0 unspecified atom stereocenters. The molecular weight excluding hydrogens is 448 g/mol. The zero-order valence-corrected chi connectivity index (χ0v) is 18.9. The summed E-state index contributed by atoms with van der Waals surface area (Å²) < 4.78 is 39.0. The molecule has 13 heteroatoms. The van der Waals surface area contributed by atoms with Crippen molar-refractivity contribution >= 4 is 38.9 Å². The lowest BCUT2D eigenvalue weighted by Gasteiger charge is -2.27. The first kappa shape index (κ1) is 21.3. The minimum atomic E-state index is -3.92. The minimum Gasteiger partial charge on any atom is -0.459 e. The number of nitrogens with one attached hydrogen (secondary N) is 1. The molecule has 5 heterocycles. The molecule has 0 radical (unpaired) electrons. The predicted molar refractivity (Wildman–Crippen MR) is 122 cm³/mol. The van der Waals surface area contributed by atoms with Crippen molar-refractivity contribution in [2.75, 3.05) is 50.6 Å². The van der Waals surface area contributed by atoms with Gasteiger partial charge in [0.25, 0.3) is 0 Å². The van der Waals surface area contributed by atoms with Crippen LogP contribution in [-0.2, 0) is 14.9 Å². The summed E-state index contributed by atoms with van der Waals surface area (Å²) in [7, 11) is -1.03. The average molecular weight is 471 g/mol. The molecule has 5 rings (SSSR count). The molecule has 1 fully saturated rings. The maximum atomic E-state index is 13.0. The molecule has 1 saturated heterocycles. The van der Waals surface area contributed by atoms with Crippen LogP contribution in [-0.4, -0.2) is 77.3 Å². The largest absolute Gasteiger partial charge is 0.459 e. The Balaban J connectivity index is 1.59. The Kier molecular flexibility index (Phi) is 5.44. The highest BCUT2D eigenvalue weighted by atomic mass is 32.2. The number of aromatic nitrogens is 5. The lowest BCUT2D eigenvalue weighted by molar-refractivity contribution is 0.122. The monoisotopic (exact) mass is 470 g/mol. The Morgan fingerprint density at radius 1 is 1.09 bits per heavy atom. The molecule has 0 saturated carbocycles. The van der Waals surface area contributed by atoms with Gasteiger partial charge in [0.2, 0.25) is 5.95 Å².